The largest absolute Gasteiger partial charge is 0.478 e. The number of carbonyl (C=O) groups is 1. The standard InChI is InChI=1S/C8H14O2.ClH.3H2O/c1-3-4-5-6-7(2)8(9)10;;;;/h6H,3-5H2,1-2H3,(H,9,10);1H;3*1H2. The number of halogens is 1. The van der Waals surface area contributed by atoms with Crippen molar-refractivity contribution in [2.24, 2.45) is 0 Å². The summed E-state index contributed by atoms with van der Waals surface area (Å²) in [5.41, 5.74) is 0.452. The van der Waals surface area contributed by atoms with Crippen LogP contribution >= 0.6 is 12.4 Å². The fourth-order valence-electron chi connectivity index (χ4n) is 0.610. The van der Waals surface area contributed by atoms with Crippen molar-refractivity contribution in [3.05, 3.63) is 11.6 Å². The van der Waals surface area contributed by atoms with E-state index in [1.54, 1.807) is 13.0 Å². The highest BCUT2D eigenvalue weighted by molar-refractivity contribution is 5.85. The normalized spacial score (nSPS) is 8.29. The molecule has 7 N–H and O–H groups in total. The molecule has 0 aliphatic heterocycles. The van der Waals surface area contributed by atoms with E-state index in [1.807, 2.05) is 0 Å². The minimum atomic E-state index is -0.809. The van der Waals surface area contributed by atoms with Crippen LogP contribution in [0.4, 0.5) is 0 Å². The Morgan fingerprint density at radius 3 is 2.00 bits per heavy atom. The molecule has 0 saturated carbocycles. The highest BCUT2D eigenvalue weighted by atomic mass is 35.5. The molecule has 14 heavy (non-hydrogen) atoms. The lowest BCUT2D eigenvalue weighted by Crippen LogP contribution is -1.95. The summed E-state index contributed by atoms with van der Waals surface area (Å²) in [6, 6.07) is 0. The van der Waals surface area contributed by atoms with E-state index in [0.717, 1.165) is 19.3 Å². The zero-order valence-corrected chi connectivity index (χ0v) is 9.28. The average molecular weight is 233 g/mol. The van der Waals surface area contributed by atoms with Crippen LogP contribution in [-0.2, 0) is 4.79 Å². The van der Waals surface area contributed by atoms with Gasteiger partial charge in [-0.3, -0.25) is 0 Å². The molecule has 0 aromatic carbocycles. The van der Waals surface area contributed by atoms with Crippen LogP contribution in [0.15, 0.2) is 11.6 Å². The summed E-state index contributed by atoms with van der Waals surface area (Å²) in [5, 5.41) is 8.41. The van der Waals surface area contributed by atoms with Crippen LogP contribution in [0.3, 0.4) is 0 Å². The molecule has 0 amide bonds. The van der Waals surface area contributed by atoms with Crippen molar-refractivity contribution in [3.63, 3.8) is 0 Å². The third-order valence-corrected chi connectivity index (χ3v) is 1.35. The van der Waals surface area contributed by atoms with Gasteiger partial charge in [-0.15, -0.1) is 12.4 Å². The zero-order valence-electron chi connectivity index (χ0n) is 8.46. The molecule has 0 spiro atoms. The van der Waals surface area contributed by atoms with Crippen molar-refractivity contribution in [2.45, 2.75) is 33.1 Å². The molecule has 0 aromatic rings. The van der Waals surface area contributed by atoms with Crippen molar-refractivity contribution in [2.75, 3.05) is 0 Å². The number of carboxylic acids is 1. The van der Waals surface area contributed by atoms with Crippen LogP contribution in [-0.4, -0.2) is 27.5 Å². The quantitative estimate of drug-likeness (QED) is 0.546. The van der Waals surface area contributed by atoms with E-state index >= 15 is 0 Å². The van der Waals surface area contributed by atoms with Gasteiger partial charge in [0.25, 0.3) is 0 Å². The van der Waals surface area contributed by atoms with Gasteiger partial charge < -0.3 is 21.5 Å². The van der Waals surface area contributed by atoms with Crippen LogP contribution in [0.25, 0.3) is 0 Å². The molecule has 0 unspecified atom stereocenters. The van der Waals surface area contributed by atoms with Gasteiger partial charge in [0.1, 0.15) is 0 Å². The lowest BCUT2D eigenvalue weighted by Gasteiger charge is -1.91. The number of rotatable bonds is 4. The number of allylic oxidation sites excluding steroid dienone is 1. The van der Waals surface area contributed by atoms with Gasteiger partial charge in [-0.1, -0.05) is 25.8 Å². The van der Waals surface area contributed by atoms with Crippen molar-refractivity contribution in [1.29, 1.82) is 0 Å². The maximum absolute atomic E-state index is 10.2. The molecule has 0 radical (unpaired) electrons. The SMILES string of the molecule is CCCCC=C(C)C(=O)O.Cl.O.O.O. The highest BCUT2D eigenvalue weighted by Crippen LogP contribution is 2.00. The zero-order chi connectivity index (χ0) is 7.98. The van der Waals surface area contributed by atoms with E-state index in [2.05, 4.69) is 6.92 Å². The maximum atomic E-state index is 10.2. The third-order valence-electron chi connectivity index (χ3n) is 1.35. The molecule has 0 bridgehead atoms. The fourth-order valence-corrected chi connectivity index (χ4v) is 0.610. The van der Waals surface area contributed by atoms with E-state index in [9.17, 15) is 4.79 Å². The molecule has 0 heterocycles. The van der Waals surface area contributed by atoms with Gasteiger partial charge in [0.05, 0.1) is 0 Å². The predicted molar refractivity (Wildman–Crippen MR) is 59.0 cm³/mol. The van der Waals surface area contributed by atoms with E-state index in [4.69, 9.17) is 5.11 Å². The van der Waals surface area contributed by atoms with E-state index in [1.165, 1.54) is 0 Å². The van der Waals surface area contributed by atoms with Gasteiger partial charge in [-0.05, 0) is 13.3 Å². The topological polar surface area (TPSA) is 132 Å². The Balaban J connectivity index is -0.0000000675. The maximum Gasteiger partial charge on any atom is 0.330 e. The van der Waals surface area contributed by atoms with Crippen LogP contribution < -0.4 is 0 Å². The van der Waals surface area contributed by atoms with Crippen molar-refractivity contribution in [3.8, 4) is 0 Å². The van der Waals surface area contributed by atoms with Gasteiger partial charge in [-0.25, -0.2) is 4.79 Å². The first-order valence-corrected chi connectivity index (χ1v) is 3.58. The summed E-state index contributed by atoms with van der Waals surface area (Å²) in [7, 11) is 0. The molecule has 0 fully saturated rings. The lowest BCUT2D eigenvalue weighted by atomic mass is 10.2. The number of carboxylic acid groups (broad SMARTS) is 1. The minimum absolute atomic E-state index is 0. The first kappa shape index (κ1) is 29.2. The summed E-state index contributed by atoms with van der Waals surface area (Å²) in [6.07, 6.45) is 4.84. The average Bonchev–Trinajstić information content (AvgIpc) is 1.88. The molecular formula is C8H21ClO5. The summed E-state index contributed by atoms with van der Waals surface area (Å²) in [6.45, 7) is 3.71. The van der Waals surface area contributed by atoms with Crippen LogP contribution in [0.1, 0.15) is 33.1 Å². The first-order chi connectivity index (χ1) is 4.68. The highest BCUT2D eigenvalue weighted by Gasteiger charge is 1.96. The molecular weight excluding hydrogens is 212 g/mol. The molecule has 0 aliphatic rings. The van der Waals surface area contributed by atoms with Gasteiger partial charge in [0, 0.05) is 5.57 Å². The van der Waals surface area contributed by atoms with Gasteiger partial charge >= 0.3 is 5.97 Å². The monoisotopic (exact) mass is 232 g/mol. The van der Waals surface area contributed by atoms with Crippen molar-refractivity contribution >= 4 is 18.4 Å². The summed E-state index contributed by atoms with van der Waals surface area (Å²) in [5.74, 6) is -0.809. The van der Waals surface area contributed by atoms with E-state index in [0.29, 0.717) is 5.57 Å². The minimum Gasteiger partial charge on any atom is -0.478 e. The Hall–Kier alpha value is -0.620. The molecule has 90 valence electrons. The molecule has 0 atom stereocenters. The Labute approximate surface area is 90.2 Å². The Kier molecular flexibility index (Phi) is 38.0. The van der Waals surface area contributed by atoms with Crippen molar-refractivity contribution < 1.29 is 26.3 Å². The summed E-state index contributed by atoms with van der Waals surface area (Å²) < 4.78 is 0. The second-order valence-corrected chi connectivity index (χ2v) is 2.33. The van der Waals surface area contributed by atoms with Crippen molar-refractivity contribution in [1.82, 2.24) is 0 Å². The predicted octanol–water partition coefficient (Wildman–Crippen LogP) is 0.155. The number of hydrogen-bond donors (Lipinski definition) is 1. The lowest BCUT2D eigenvalue weighted by molar-refractivity contribution is -0.132. The number of unbranched alkanes of at least 4 members (excludes halogenated alkanes) is 2. The summed E-state index contributed by atoms with van der Waals surface area (Å²) in [4.78, 5) is 10.2. The van der Waals surface area contributed by atoms with Gasteiger partial charge in [0.15, 0.2) is 0 Å². The molecule has 0 rings (SSSR count). The molecule has 0 aliphatic carbocycles. The second-order valence-electron chi connectivity index (χ2n) is 2.33. The third kappa shape index (κ3) is 17.5. The Bertz CT molecular complexity index is 147. The van der Waals surface area contributed by atoms with Crippen LogP contribution in [0, 0.1) is 0 Å². The van der Waals surface area contributed by atoms with Crippen LogP contribution in [0.5, 0.6) is 0 Å². The molecule has 0 saturated heterocycles. The summed E-state index contributed by atoms with van der Waals surface area (Å²) >= 11 is 0. The Morgan fingerprint density at radius 2 is 1.71 bits per heavy atom. The van der Waals surface area contributed by atoms with E-state index in [-0.39, 0.29) is 28.8 Å². The first-order valence-electron chi connectivity index (χ1n) is 3.58. The fraction of sp³-hybridized carbons (Fsp3) is 0.625. The molecule has 6 heteroatoms. The van der Waals surface area contributed by atoms with Gasteiger partial charge in [0.2, 0.25) is 0 Å². The second kappa shape index (κ2) is 18.2. The van der Waals surface area contributed by atoms with E-state index < -0.39 is 5.97 Å². The molecule has 5 nitrogen and oxygen atoms in total. The molecule has 0 aromatic heterocycles. The number of aliphatic carboxylic acids is 1. The van der Waals surface area contributed by atoms with Gasteiger partial charge in [-0.2, -0.15) is 0 Å². The number of hydrogen-bond acceptors (Lipinski definition) is 1. The smallest absolute Gasteiger partial charge is 0.330 e. The Morgan fingerprint density at radius 1 is 1.29 bits per heavy atom. The van der Waals surface area contributed by atoms with Crippen LogP contribution in [0.2, 0.25) is 0 Å².